The average molecular weight is 652 g/mol. The second-order valence-electron chi connectivity index (χ2n) is 15.6. The van der Waals surface area contributed by atoms with Crippen molar-refractivity contribution in [2.24, 2.45) is 13.0 Å². The highest BCUT2D eigenvalue weighted by Gasteiger charge is 2.17. The van der Waals surface area contributed by atoms with Crippen molar-refractivity contribution in [1.82, 2.24) is 4.57 Å². The Balaban J connectivity index is 1.54. The van der Waals surface area contributed by atoms with Crippen LogP contribution in [0, 0.1) is 5.92 Å². The van der Waals surface area contributed by atoms with Crippen molar-refractivity contribution >= 4 is 11.0 Å². The number of aromatic nitrogens is 2. The third-order valence-electron chi connectivity index (χ3n) is 11.0. The number of para-hydroxylation sites is 2. The minimum Gasteiger partial charge on any atom is -0.233 e. The highest BCUT2D eigenvalue weighted by atomic mass is 15.1. The van der Waals surface area contributed by atoms with Gasteiger partial charge in [0.2, 0.25) is 6.33 Å². The van der Waals surface area contributed by atoms with Gasteiger partial charge in [0, 0.05) is 0 Å². The Labute approximate surface area is 295 Å². The molecule has 0 radical (unpaired) electrons. The highest BCUT2D eigenvalue weighted by molar-refractivity contribution is 5.71. The van der Waals surface area contributed by atoms with Crippen LogP contribution in [0.2, 0.25) is 0 Å². The van der Waals surface area contributed by atoms with E-state index in [9.17, 15) is 0 Å². The van der Waals surface area contributed by atoms with Gasteiger partial charge in [-0.25, -0.2) is 9.13 Å². The standard InChI is InChI=1S/C45H83N2/c1-4-6-8-10-12-14-16-18-20-22-24-26-28-30-32-34-38-43(41-47-42-46(3)44-39-35-36-40-45(44)47)37-33-31-29-27-25-23-21-19-17-15-13-11-9-7-5-2/h35-36,39-40,42-43H,4-34,37-38,41H2,1-3H3/q+1. The van der Waals surface area contributed by atoms with E-state index in [1.807, 2.05) is 0 Å². The summed E-state index contributed by atoms with van der Waals surface area (Å²) >= 11 is 0. The van der Waals surface area contributed by atoms with Crippen LogP contribution >= 0.6 is 0 Å². The van der Waals surface area contributed by atoms with E-state index in [0.29, 0.717) is 0 Å². The van der Waals surface area contributed by atoms with Crippen LogP contribution in [0.4, 0.5) is 0 Å². The normalized spacial score (nSPS) is 12.4. The lowest BCUT2D eigenvalue weighted by Crippen LogP contribution is -2.36. The number of hydrogen-bond acceptors (Lipinski definition) is 0. The van der Waals surface area contributed by atoms with Crippen LogP contribution in [0.1, 0.15) is 226 Å². The molecule has 2 rings (SSSR count). The van der Waals surface area contributed by atoms with Gasteiger partial charge in [-0.05, 0) is 30.9 Å². The third-order valence-corrected chi connectivity index (χ3v) is 11.0. The number of unbranched alkanes of at least 4 members (excludes halogenated alkanes) is 29. The van der Waals surface area contributed by atoms with Gasteiger partial charge >= 0.3 is 0 Å². The maximum Gasteiger partial charge on any atom is 0.244 e. The molecular weight excluding hydrogens is 569 g/mol. The van der Waals surface area contributed by atoms with E-state index in [1.165, 1.54) is 229 Å². The molecule has 0 aliphatic heterocycles. The summed E-state index contributed by atoms with van der Waals surface area (Å²) in [7, 11) is 2.21. The van der Waals surface area contributed by atoms with E-state index < -0.39 is 0 Å². The van der Waals surface area contributed by atoms with Crippen LogP contribution in [0.5, 0.6) is 0 Å². The molecule has 0 N–H and O–H groups in total. The first kappa shape index (κ1) is 41.9. The van der Waals surface area contributed by atoms with Crippen LogP contribution < -0.4 is 4.57 Å². The molecule has 2 aromatic rings. The van der Waals surface area contributed by atoms with Gasteiger partial charge in [-0.3, -0.25) is 0 Å². The summed E-state index contributed by atoms with van der Waals surface area (Å²) < 4.78 is 4.87. The molecule has 2 nitrogen and oxygen atoms in total. The minimum atomic E-state index is 0.819. The Bertz CT molecular complexity index is 929. The molecule has 2 heteroatoms. The Morgan fingerprint density at radius 2 is 0.766 bits per heavy atom. The Kier molecular flexibility index (Phi) is 27.4. The van der Waals surface area contributed by atoms with E-state index in [-0.39, 0.29) is 0 Å². The van der Waals surface area contributed by atoms with Crippen molar-refractivity contribution in [1.29, 1.82) is 0 Å². The zero-order chi connectivity index (χ0) is 33.5. The number of nitrogens with zero attached hydrogens (tertiary/aromatic N) is 2. The lowest BCUT2D eigenvalue weighted by Gasteiger charge is -2.15. The number of hydrogen-bond donors (Lipinski definition) is 0. The fraction of sp³-hybridized carbons (Fsp3) is 0.844. The fourth-order valence-corrected chi connectivity index (χ4v) is 7.87. The molecular formula is C45H83N2+. The molecule has 1 atom stereocenters. The highest BCUT2D eigenvalue weighted by Crippen LogP contribution is 2.22. The van der Waals surface area contributed by atoms with Crippen LogP contribution in [-0.2, 0) is 13.6 Å². The average Bonchev–Trinajstić information content (AvgIpc) is 3.40. The van der Waals surface area contributed by atoms with E-state index >= 15 is 0 Å². The van der Waals surface area contributed by atoms with Gasteiger partial charge in [0.1, 0.15) is 0 Å². The lowest BCUT2D eigenvalue weighted by molar-refractivity contribution is -0.679. The summed E-state index contributed by atoms with van der Waals surface area (Å²) in [6.45, 7) is 5.82. The molecule has 0 bridgehead atoms. The van der Waals surface area contributed by atoms with Gasteiger partial charge in [-0.15, -0.1) is 0 Å². The number of benzene rings is 1. The molecule has 0 aliphatic carbocycles. The molecule has 0 amide bonds. The van der Waals surface area contributed by atoms with Gasteiger partial charge in [-0.1, -0.05) is 225 Å². The van der Waals surface area contributed by atoms with Crippen LogP contribution in [0.15, 0.2) is 30.6 Å². The van der Waals surface area contributed by atoms with Crippen LogP contribution in [0.3, 0.4) is 0 Å². The molecule has 1 aromatic heterocycles. The van der Waals surface area contributed by atoms with E-state index in [0.717, 1.165) is 5.92 Å². The van der Waals surface area contributed by atoms with Crippen LogP contribution in [-0.4, -0.2) is 4.57 Å². The van der Waals surface area contributed by atoms with Gasteiger partial charge in [0.25, 0.3) is 0 Å². The van der Waals surface area contributed by atoms with Crippen molar-refractivity contribution < 1.29 is 4.57 Å². The zero-order valence-corrected chi connectivity index (χ0v) is 32.4. The lowest BCUT2D eigenvalue weighted by atomic mass is 9.93. The van der Waals surface area contributed by atoms with Crippen molar-refractivity contribution in [2.75, 3.05) is 0 Å². The molecule has 0 spiro atoms. The summed E-state index contributed by atoms with van der Waals surface area (Å²) in [4.78, 5) is 0. The predicted octanol–water partition coefficient (Wildman–Crippen LogP) is 15.0. The molecule has 0 fully saturated rings. The van der Waals surface area contributed by atoms with Crippen molar-refractivity contribution in [3.63, 3.8) is 0 Å². The van der Waals surface area contributed by atoms with Gasteiger partial charge < -0.3 is 0 Å². The second kappa shape index (κ2) is 30.7. The van der Waals surface area contributed by atoms with Crippen molar-refractivity contribution in [2.45, 2.75) is 232 Å². The maximum atomic E-state index is 2.55. The van der Waals surface area contributed by atoms with Gasteiger partial charge in [-0.2, -0.15) is 0 Å². The van der Waals surface area contributed by atoms with E-state index in [4.69, 9.17) is 0 Å². The first-order chi connectivity index (χ1) is 23.3. The SMILES string of the molecule is CCCCCCCCCCCCCCCCCCC(CCCCCCCCCCCCCCCCC)C[n+]1cn(C)c2ccccc21. The van der Waals surface area contributed by atoms with Crippen molar-refractivity contribution in [3.8, 4) is 0 Å². The van der Waals surface area contributed by atoms with E-state index in [1.54, 1.807) is 0 Å². The monoisotopic (exact) mass is 652 g/mol. The minimum absolute atomic E-state index is 0.819. The largest absolute Gasteiger partial charge is 0.244 e. The Hall–Kier alpha value is -1.31. The molecule has 1 aromatic carbocycles. The molecule has 1 heterocycles. The second-order valence-corrected chi connectivity index (χ2v) is 15.6. The smallest absolute Gasteiger partial charge is 0.233 e. The summed E-state index contributed by atoms with van der Waals surface area (Å²) in [5.41, 5.74) is 2.77. The molecule has 0 saturated carbocycles. The Morgan fingerprint density at radius 1 is 0.447 bits per heavy atom. The summed E-state index contributed by atoms with van der Waals surface area (Å²) in [5.74, 6) is 0.819. The van der Waals surface area contributed by atoms with Crippen molar-refractivity contribution in [3.05, 3.63) is 30.6 Å². The fourth-order valence-electron chi connectivity index (χ4n) is 7.87. The first-order valence-corrected chi connectivity index (χ1v) is 21.7. The van der Waals surface area contributed by atoms with Gasteiger partial charge in [0.05, 0.1) is 13.6 Å². The maximum absolute atomic E-state index is 2.55. The van der Waals surface area contributed by atoms with Crippen LogP contribution in [0.25, 0.3) is 11.0 Å². The molecule has 47 heavy (non-hydrogen) atoms. The predicted molar refractivity (Wildman–Crippen MR) is 210 cm³/mol. The summed E-state index contributed by atoms with van der Waals surface area (Å²) in [6, 6.07) is 8.97. The molecule has 0 aliphatic rings. The zero-order valence-electron chi connectivity index (χ0n) is 32.4. The quantitative estimate of drug-likeness (QED) is 0.0518. The van der Waals surface area contributed by atoms with Gasteiger partial charge in [0.15, 0.2) is 11.0 Å². The summed E-state index contributed by atoms with van der Waals surface area (Å²) in [6.07, 6.45) is 50.2. The third kappa shape index (κ3) is 22.1. The number of imidazole rings is 1. The first-order valence-electron chi connectivity index (χ1n) is 21.7. The summed E-state index contributed by atoms with van der Waals surface area (Å²) in [5, 5.41) is 0. The topological polar surface area (TPSA) is 8.81 Å². The molecule has 1 unspecified atom stereocenters. The Morgan fingerprint density at radius 3 is 1.13 bits per heavy atom. The van der Waals surface area contributed by atoms with E-state index in [2.05, 4.69) is 60.6 Å². The molecule has 272 valence electrons. The number of aryl methyl sites for hydroxylation is 1. The molecule has 0 saturated heterocycles. The number of rotatable bonds is 35. The number of fused-ring (bicyclic) bond motifs is 1.